The van der Waals surface area contributed by atoms with Gasteiger partial charge in [0.25, 0.3) is 0 Å². The lowest BCUT2D eigenvalue weighted by molar-refractivity contribution is 0.778. The Morgan fingerprint density at radius 3 is 2.70 bits per heavy atom. The van der Waals surface area contributed by atoms with Crippen molar-refractivity contribution < 1.29 is 0 Å². The molecule has 2 nitrogen and oxygen atoms in total. The highest BCUT2D eigenvalue weighted by atomic mass is 79.9. The van der Waals surface area contributed by atoms with E-state index in [0.29, 0.717) is 0 Å². The van der Waals surface area contributed by atoms with Crippen molar-refractivity contribution in [2.24, 2.45) is 5.73 Å². The Labute approximate surface area is 68.6 Å². The van der Waals surface area contributed by atoms with E-state index in [1.165, 1.54) is 0 Å². The number of pyridine rings is 1. The number of aromatic nitrogens is 1. The predicted molar refractivity (Wildman–Crippen MR) is 44.5 cm³/mol. The quantitative estimate of drug-likeness (QED) is 0.704. The summed E-state index contributed by atoms with van der Waals surface area (Å²) in [6.45, 7) is 1.91. The van der Waals surface area contributed by atoms with Crippen LogP contribution < -0.4 is 5.73 Å². The summed E-state index contributed by atoms with van der Waals surface area (Å²) in [5.41, 5.74) is 6.51. The van der Waals surface area contributed by atoms with Gasteiger partial charge in [0.2, 0.25) is 0 Å². The summed E-state index contributed by atoms with van der Waals surface area (Å²) in [6.07, 6.45) is 0. The molecule has 0 bridgehead atoms. The summed E-state index contributed by atoms with van der Waals surface area (Å²) in [5, 5.41) is 0. The van der Waals surface area contributed by atoms with Crippen LogP contribution in [0.15, 0.2) is 22.8 Å². The van der Waals surface area contributed by atoms with E-state index in [9.17, 15) is 0 Å². The van der Waals surface area contributed by atoms with E-state index in [0.717, 1.165) is 10.3 Å². The van der Waals surface area contributed by atoms with Gasteiger partial charge in [0, 0.05) is 6.04 Å². The molecule has 1 aromatic heterocycles. The van der Waals surface area contributed by atoms with E-state index < -0.39 is 0 Å². The van der Waals surface area contributed by atoms with Gasteiger partial charge in [-0.25, -0.2) is 4.98 Å². The van der Waals surface area contributed by atoms with Crippen LogP contribution in [-0.2, 0) is 0 Å². The Bertz CT molecular complexity index is 223. The SMILES string of the molecule is CC(N)c1cccc(Br)n1. The third kappa shape index (κ3) is 1.78. The molecule has 0 amide bonds. The predicted octanol–water partition coefficient (Wildman–Crippen LogP) is 1.86. The van der Waals surface area contributed by atoms with Crippen LogP contribution >= 0.6 is 15.9 Å². The van der Waals surface area contributed by atoms with E-state index in [-0.39, 0.29) is 6.04 Å². The van der Waals surface area contributed by atoms with Crippen LogP contribution in [-0.4, -0.2) is 4.98 Å². The fraction of sp³-hybridized carbons (Fsp3) is 0.286. The Morgan fingerprint density at radius 1 is 1.60 bits per heavy atom. The van der Waals surface area contributed by atoms with Gasteiger partial charge in [-0.2, -0.15) is 0 Å². The monoisotopic (exact) mass is 200 g/mol. The molecule has 0 aliphatic carbocycles. The molecule has 0 spiro atoms. The van der Waals surface area contributed by atoms with Gasteiger partial charge in [0.15, 0.2) is 0 Å². The molecular weight excluding hydrogens is 192 g/mol. The molecule has 1 unspecified atom stereocenters. The number of rotatable bonds is 1. The van der Waals surface area contributed by atoms with E-state index in [2.05, 4.69) is 20.9 Å². The molecule has 2 N–H and O–H groups in total. The van der Waals surface area contributed by atoms with E-state index in [4.69, 9.17) is 5.73 Å². The normalized spacial score (nSPS) is 13.1. The molecule has 0 aliphatic heterocycles. The molecule has 0 fully saturated rings. The van der Waals surface area contributed by atoms with Crippen LogP contribution in [0.5, 0.6) is 0 Å². The Hall–Kier alpha value is -0.410. The van der Waals surface area contributed by atoms with Gasteiger partial charge in [0.1, 0.15) is 4.60 Å². The summed E-state index contributed by atoms with van der Waals surface area (Å²) < 4.78 is 0.835. The van der Waals surface area contributed by atoms with Crippen LogP contribution in [0, 0.1) is 0 Å². The summed E-state index contributed by atoms with van der Waals surface area (Å²) in [6, 6.07) is 5.73. The molecule has 0 radical (unpaired) electrons. The second-order valence-electron chi connectivity index (χ2n) is 2.17. The topological polar surface area (TPSA) is 38.9 Å². The highest BCUT2D eigenvalue weighted by molar-refractivity contribution is 9.10. The van der Waals surface area contributed by atoms with Crippen molar-refractivity contribution in [3.05, 3.63) is 28.5 Å². The summed E-state index contributed by atoms with van der Waals surface area (Å²) >= 11 is 3.26. The molecule has 10 heavy (non-hydrogen) atoms. The van der Waals surface area contributed by atoms with Gasteiger partial charge in [-0.1, -0.05) is 6.07 Å². The molecule has 0 aromatic carbocycles. The van der Waals surface area contributed by atoms with Crippen molar-refractivity contribution >= 4 is 15.9 Å². The molecular formula is C7H9BrN2. The maximum Gasteiger partial charge on any atom is 0.106 e. The minimum absolute atomic E-state index is 0.0116. The second-order valence-corrected chi connectivity index (χ2v) is 2.99. The Balaban J connectivity index is 2.96. The van der Waals surface area contributed by atoms with Crippen LogP contribution in [0.1, 0.15) is 18.7 Å². The van der Waals surface area contributed by atoms with Crippen LogP contribution in [0.2, 0.25) is 0 Å². The highest BCUT2D eigenvalue weighted by Crippen LogP contribution is 2.10. The van der Waals surface area contributed by atoms with Crippen molar-refractivity contribution in [3.8, 4) is 0 Å². The number of nitrogens with two attached hydrogens (primary N) is 1. The average molecular weight is 201 g/mol. The lowest BCUT2D eigenvalue weighted by Gasteiger charge is -2.02. The Kier molecular flexibility index (Phi) is 2.40. The average Bonchev–Trinajstić information content (AvgIpc) is 1.88. The number of halogens is 1. The minimum atomic E-state index is 0.0116. The fourth-order valence-corrected chi connectivity index (χ4v) is 1.03. The standard InChI is InChI=1S/C7H9BrN2/c1-5(9)6-3-2-4-7(8)10-6/h2-5H,9H2,1H3. The first-order chi connectivity index (χ1) is 4.70. The van der Waals surface area contributed by atoms with E-state index in [1.54, 1.807) is 0 Å². The molecule has 1 heterocycles. The fourth-order valence-electron chi connectivity index (χ4n) is 0.678. The molecule has 0 saturated carbocycles. The van der Waals surface area contributed by atoms with Crippen molar-refractivity contribution in [1.29, 1.82) is 0 Å². The number of nitrogens with zero attached hydrogens (tertiary/aromatic N) is 1. The first-order valence-corrected chi connectivity index (χ1v) is 3.87. The van der Waals surface area contributed by atoms with Crippen molar-refractivity contribution in [2.75, 3.05) is 0 Å². The van der Waals surface area contributed by atoms with Crippen LogP contribution in [0.4, 0.5) is 0 Å². The zero-order valence-corrected chi connectivity index (χ0v) is 7.30. The first kappa shape index (κ1) is 7.69. The lowest BCUT2D eigenvalue weighted by Crippen LogP contribution is -2.06. The molecule has 0 aliphatic rings. The zero-order valence-electron chi connectivity index (χ0n) is 5.71. The van der Waals surface area contributed by atoms with Gasteiger partial charge in [-0.05, 0) is 35.0 Å². The van der Waals surface area contributed by atoms with Gasteiger partial charge in [0.05, 0.1) is 5.69 Å². The second kappa shape index (κ2) is 3.12. The summed E-state index contributed by atoms with van der Waals surface area (Å²) in [4.78, 5) is 4.16. The third-order valence-corrected chi connectivity index (χ3v) is 1.64. The molecule has 1 aromatic rings. The van der Waals surface area contributed by atoms with E-state index >= 15 is 0 Å². The van der Waals surface area contributed by atoms with Gasteiger partial charge < -0.3 is 5.73 Å². The largest absolute Gasteiger partial charge is 0.323 e. The highest BCUT2D eigenvalue weighted by Gasteiger charge is 1.98. The van der Waals surface area contributed by atoms with Crippen molar-refractivity contribution in [1.82, 2.24) is 4.98 Å². The minimum Gasteiger partial charge on any atom is -0.323 e. The number of hydrogen-bond donors (Lipinski definition) is 1. The third-order valence-electron chi connectivity index (χ3n) is 1.20. The molecule has 3 heteroatoms. The summed E-state index contributed by atoms with van der Waals surface area (Å²) in [7, 11) is 0. The number of hydrogen-bond acceptors (Lipinski definition) is 2. The maximum absolute atomic E-state index is 5.60. The molecule has 1 rings (SSSR count). The van der Waals surface area contributed by atoms with Crippen LogP contribution in [0.3, 0.4) is 0 Å². The maximum atomic E-state index is 5.60. The van der Waals surface area contributed by atoms with Crippen LogP contribution in [0.25, 0.3) is 0 Å². The molecule has 1 atom stereocenters. The first-order valence-electron chi connectivity index (χ1n) is 3.08. The van der Waals surface area contributed by atoms with Crippen molar-refractivity contribution in [3.63, 3.8) is 0 Å². The van der Waals surface area contributed by atoms with Crippen molar-refractivity contribution in [2.45, 2.75) is 13.0 Å². The molecule has 54 valence electrons. The molecule has 0 saturated heterocycles. The van der Waals surface area contributed by atoms with Gasteiger partial charge in [-0.15, -0.1) is 0 Å². The zero-order chi connectivity index (χ0) is 7.56. The lowest BCUT2D eigenvalue weighted by atomic mass is 10.2. The smallest absolute Gasteiger partial charge is 0.106 e. The van der Waals surface area contributed by atoms with E-state index in [1.807, 2.05) is 25.1 Å². The summed E-state index contributed by atoms with van der Waals surface area (Å²) in [5.74, 6) is 0. The van der Waals surface area contributed by atoms with Gasteiger partial charge in [-0.3, -0.25) is 0 Å². The Morgan fingerprint density at radius 2 is 2.30 bits per heavy atom. The van der Waals surface area contributed by atoms with Gasteiger partial charge >= 0.3 is 0 Å².